The maximum Gasteiger partial charge on any atom is 0.321 e. The summed E-state index contributed by atoms with van der Waals surface area (Å²) in [6.07, 6.45) is 1.65. The van der Waals surface area contributed by atoms with Gasteiger partial charge >= 0.3 is 6.03 Å². The molecule has 1 aromatic rings. The zero-order valence-electron chi connectivity index (χ0n) is 15.9. The number of nitrogens with one attached hydrogen (secondary N) is 3. The Balaban J connectivity index is 2.12. The number of carbonyl (C=O) groups is 3. The molecule has 0 aliphatic carbocycles. The lowest BCUT2D eigenvalue weighted by Gasteiger charge is -2.32. The summed E-state index contributed by atoms with van der Waals surface area (Å²) in [5, 5.41) is 7.89. The number of anilines is 1. The van der Waals surface area contributed by atoms with E-state index in [4.69, 9.17) is 0 Å². The Morgan fingerprint density at radius 2 is 1.77 bits per heavy atom. The molecule has 4 amide bonds. The highest BCUT2D eigenvalue weighted by Crippen LogP contribution is 2.29. The zero-order chi connectivity index (χ0) is 19.3. The Labute approximate surface area is 154 Å². The first kappa shape index (κ1) is 19.8. The van der Waals surface area contributed by atoms with E-state index in [-0.39, 0.29) is 30.4 Å². The van der Waals surface area contributed by atoms with Crippen molar-refractivity contribution in [2.24, 2.45) is 0 Å². The summed E-state index contributed by atoms with van der Waals surface area (Å²) in [5.41, 5.74) is 2.49. The van der Waals surface area contributed by atoms with Gasteiger partial charge in [-0.2, -0.15) is 0 Å². The van der Waals surface area contributed by atoms with Gasteiger partial charge in [0.1, 0.15) is 0 Å². The predicted molar refractivity (Wildman–Crippen MR) is 101 cm³/mol. The van der Waals surface area contributed by atoms with Crippen molar-refractivity contribution in [2.75, 3.05) is 18.0 Å². The quantitative estimate of drug-likeness (QED) is 0.747. The molecule has 0 unspecified atom stereocenters. The van der Waals surface area contributed by atoms with Crippen molar-refractivity contribution in [3.63, 3.8) is 0 Å². The summed E-state index contributed by atoms with van der Waals surface area (Å²) >= 11 is 0. The molecule has 0 saturated heterocycles. The Morgan fingerprint density at radius 1 is 1.08 bits per heavy atom. The minimum absolute atomic E-state index is 0.0412. The van der Waals surface area contributed by atoms with Crippen molar-refractivity contribution < 1.29 is 14.4 Å². The van der Waals surface area contributed by atoms with E-state index in [0.29, 0.717) is 12.1 Å². The molecular formula is C19H28N4O3. The molecule has 0 atom stereocenters. The number of imide groups is 1. The van der Waals surface area contributed by atoms with Crippen LogP contribution in [-0.2, 0) is 11.2 Å². The summed E-state index contributed by atoms with van der Waals surface area (Å²) in [6.45, 7) is 8.29. The fourth-order valence-electron chi connectivity index (χ4n) is 3.06. The third kappa shape index (κ3) is 5.21. The number of nitrogens with zero attached hydrogens (tertiary/aromatic N) is 1. The third-order valence-corrected chi connectivity index (χ3v) is 4.02. The van der Waals surface area contributed by atoms with Gasteiger partial charge in [0, 0.05) is 29.9 Å². The second kappa shape index (κ2) is 8.69. The van der Waals surface area contributed by atoms with Crippen LogP contribution in [0.1, 0.15) is 50.0 Å². The number of carbonyl (C=O) groups excluding carboxylic acids is 3. The monoisotopic (exact) mass is 360 g/mol. The number of amides is 4. The third-order valence-electron chi connectivity index (χ3n) is 4.02. The van der Waals surface area contributed by atoms with Crippen LogP contribution in [0.4, 0.5) is 10.5 Å². The van der Waals surface area contributed by atoms with Crippen LogP contribution >= 0.6 is 0 Å². The smallest absolute Gasteiger partial charge is 0.321 e. The molecule has 0 radical (unpaired) electrons. The topological polar surface area (TPSA) is 90.5 Å². The average Bonchev–Trinajstić information content (AvgIpc) is 2.52. The molecule has 26 heavy (non-hydrogen) atoms. The van der Waals surface area contributed by atoms with E-state index in [1.54, 1.807) is 0 Å². The van der Waals surface area contributed by atoms with E-state index in [1.165, 1.54) is 0 Å². The van der Waals surface area contributed by atoms with Crippen LogP contribution in [-0.4, -0.2) is 43.0 Å². The van der Waals surface area contributed by atoms with Gasteiger partial charge in [-0.25, -0.2) is 4.79 Å². The van der Waals surface area contributed by atoms with E-state index >= 15 is 0 Å². The highest BCUT2D eigenvalue weighted by Gasteiger charge is 2.24. The van der Waals surface area contributed by atoms with Crippen LogP contribution in [0.25, 0.3) is 0 Å². The standard InChI is InChI=1S/C19H28N4O3/c1-12(2)20-18(25)15-7-5-9-16-14(15)8-6-10-23(16)11-17(24)22-19(26)21-13(3)4/h5,7,9,12-13H,6,8,10-11H2,1-4H3,(H,20,25)(H2,21,22,24,26). The molecule has 1 aromatic carbocycles. The van der Waals surface area contributed by atoms with Gasteiger partial charge in [0.05, 0.1) is 6.54 Å². The molecule has 1 heterocycles. The van der Waals surface area contributed by atoms with E-state index in [1.807, 2.05) is 50.8 Å². The van der Waals surface area contributed by atoms with Crippen LogP contribution < -0.4 is 20.9 Å². The molecule has 0 aromatic heterocycles. The fourth-order valence-corrected chi connectivity index (χ4v) is 3.06. The van der Waals surface area contributed by atoms with E-state index in [9.17, 15) is 14.4 Å². The second-order valence-electron chi connectivity index (χ2n) is 7.13. The number of urea groups is 1. The Hall–Kier alpha value is -2.57. The predicted octanol–water partition coefficient (Wildman–Crippen LogP) is 1.81. The fraction of sp³-hybridized carbons (Fsp3) is 0.526. The number of benzene rings is 1. The van der Waals surface area contributed by atoms with Crippen molar-refractivity contribution >= 4 is 23.5 Å². The van der Waals surface area contributed by atoms with Gasteiger partial charge in [-0.1, -0.05) is 6.07 Å². The molecule has 0 spiro atoms. The van der Waals surface area contributed by atoms with Crippen LogP contribution in [0, 0.1) is 0 Å². The minimum atomic E-state index is -0.493. The summed E-state index contributed by atoms with van der Waals surface area (Å²) in [7, 11) is 0. The molecule has 142 valence electrons. The van der Waals surface area contributed by atoms with Crippen molar-refractivity contribution in [2.45, 2.75) is 52.6 Å². The minimum Gasteiger partial charge on any atom is -0.362 e. The highest BCUT2D eigenvalue weighted by atomic mass is 16.2. The van der Waals surface area contributed by atoms with E-state index < -0.39 is 6.03 Å². The van der Waals surface area contributed by atoms with Gasteiger partial charge in [0.15, 0.2) is 0 Å². The molecular weight excluding hydrogens is 332 g/mol. The molecule has 0 bridgehead atoms. The van der Waals surface area contributed by atoms with Gasteiger partial charge in [-0.05, 0) is 58.2 Å². The maximum atomic E-state index is 12.4. The van der Waals surface area contributed by atoms with Crippen LogP contribution in [0.15, 0.2) is 18.2 Å². The molecule has 0 saturated carbocycles. The summed E-state index contributed by atoms with van der Waals surface area (Å²) in [6, 6.07) is 5.09. The molecule has 7 heteroatoms. The van der Waals surface area contributed by atoms with Gasteiger partial charge < -0.3 is 15.5 Å². The van der Waals surface area contributed by atoms with Gasteiger partial charge in [0.2, 0.25) is 5.91 Å². The van der Waals surface area contributed by atoms with Gasteiger partial charge in [-0.3, -0.25) is 14.9 Å². The number of hydrogen-bond acceptors (Lipinski definition) is 4. The SMILES string of the molecule is CC(C)NC(=O)NC(=O)CN1CCCc2c(C(=O)NC(C)C)cccc21. The van der Waals surface area contributed by atoms with Crippen molar-refractivity contribution in [1.29, 1.82) is 0 Å². The van der Waals surface area contributed by atoms with Crippen LogP contribution in [0.2, 0.25) is 0 Å². The Bertz CT molecular complexity index is 685. The zero-order valence-corrected chi connectivity index (χ0v) is 15.9. The van der Waals surface area contributed by atoms with E-state index in [0.717, 1.165) is 24.1 Å². The summed E-state index contributed by atoms with van der Waals surface area (Å²) in [4.78, 5) is 38.2. The number of fused-ring (bicyclic) bond motifs is 1. The molecule has 2 rings (SSSR count). The molecule has 3 N–H and O–H groups in total. The molecule has 0 fully saturated rings. The average molecular weight is 360 g/mol. The van der Waals surface area contributed by atoms with Gasteiger partial charge in [0.25, 0.3) is 5.91 Å². The Kier molecular flexibility index (Phi) is 6.60. The lowest BCUT2D eigenvalue weighted by atomic mass is 9.95. The molecule has 7 nitrogen and oxygen atoms in total. The summed E-state index contributed by atoms with van der Waals surface area (Å²) in [5.74, 6) is -0.465. The van der Waals surface area contributed by atoms with Crippen LogP contribution in [0.3, 0.4) is 0 Å². The second-order valence-corrected chi connectivity index (χ2v) is 7.13. The largest absolute Gasteiger partial charge is 0.362 e. The van der Waals surface area contributed by atoms with Crippen molar-refractivity contribution in [3.05, 3.63) is 29.3 Å². The number of rotatable bonds is 5. The molecule has 1 aliphatic heterocycles. The molecule has 1 aliphatic rings. The lowest BCUT2D eigenvalue weighted by molar-refractivity contribution is -0.118. The van der Waals surface area contributed by atoms with Crippen LogP contribution in [0.5, 0.6) is 0 Å². The maximum absolute atomic E-state index is 12.4. The van der Waals surface area contributed by atoms with E-state index in [2.05, 4.69) is 16.0 Å². The highest BCUT2D eigenvalue weighted by molar-refractivity contribution is 5.99. The van der Waals surface area contributed by atoms with Gasteiger partial charge in [-0.15, -0.1) is 0 Å². The first-order valence-corrected chi connectivity index (χ1v) is 9.06. The van der Waals surface area contributed by atoms with Crippen molar-refractivity contribution in [3.8, 4) is 0 Å². The Morgan fingerprint density at radius 3 is 2.42 bits per heavy atom. The van der Waals surface area contributed by atoms with Crippen molar-refractivity contribution in [1.82, 2.24) is 16.0 Å². The summed E-state index contributed by atoms with van der Waals surface area (Å²) < 4.78 is 0. The first-order chi connectivity index (χ1) is 12.3. The number of hydrogen-bond donors (Lipinski definition) is 3. The first-order valence-electron chi connectivity index (χ1n) is 9.06. The normalized spacial score (nSPS) is 13.4. The lowest BCUT2D eigenvalue weighted by Crippen LogP contribution is -2.47.